The molecule has 0 heterocycles. The first-order valence-corrected chi connectivity index (χ1v) is 7.71. The number of ether oxygens (including phenoxy) is 1. The monoisotopic (exact) mass is 321 g/mol. The molecule has 2 nitrogen and oxygen atoms in total. The summed E-state index contributed by atoms with van der Waals surface area (Å²) in [5.41, 5.74) is 8.64. The second kappa shape index (κ2) is 5.88. The van der Waals surface area contributed by atoms with Crippen molar-refractivity contribution in [2.45, 2.75) is 18.4 Å². The Kier molecular flexibility index (Phi) is 4.12. The average molecular weight is 322 g/mol. The van der Waals surface area contributed by atoms with Gasteiger partial charge in [0.25, 0.3) is 0 Å². The molecule has 4 heteroatoms. The van der Waals surface area contributed by atoms with Gasteiger partial charge in [0.1, 0.15) is 5.75 Å². The molecular formula is C17H17Cl2NO. The molecule has 0 amide bonds. The quantitative estimate of drug-likeness (QED) is 0.877. The minimum Gasteiger partial charge on any atom is -0.495 e. The third-order valence-electron chi connectivity index (χ3n) is 4.16. The highest BCUT2D eigenvalue weighted by atomic mass is 35.5. The summed E-state index contributed by atoms with van der Waals surface area (Å²) >= 11 is 12.5. The Hall–Kier alpha value is -1.22. The number of hydrogen-bond donors (Lipinski definition) is 1. The Morgan fingerprint density at radius 1 is 1.14 bits per heavy atom. The summed E-state index contributed by atoms with van der Waals surface area (Å²) < 4.78 is 5.17. The molecule has 0 bridgehead atoms. The molecule has 110 valence electrons. The standard InChI is InChI=1S/C17H17Cl2NO/c1-21-16-9-14(18)13(8-15(16)19)17(20)12-7-11(12)10-5-3-2-4-6-10/h2-6,8-9,11-12,17H,7,20H2,1H3. The molecule has 3 rings (SSSR count). The van der Waals surface area contributed by atoms with Crippen LogP contribution < -0.4 is 10.5 Å². The van der Waals surface area contributed by atoms with E-state index in [1.807, 2.05) is 12.1 Å². The summed E-state index contributed by atoms with van der Waals surface area (Å²) in [6.45, 7) is 0. The zero-order valence-electron chi connectivity index (χ0n) is 11.7. The van der Waals surface area contributed by atoms with Crippen molar-refractivity contribution in [3.05, 3.63) is 63.6 Å². The predicted octanol–water partition coefficient (Wildman–Crippen LogP) is 4.81. The highest BCUT2D eigenvalue weighted by Crippen LogP contribution is 2.54. The third kappa shape index (κ3) is 2.89. The number of rotatable bonds is 4. The number of hydrogen-bond acceptors (Lipinski definition) is 2. The largest absolute Gasteiger partial charge is 0.495 e. The number of benzene rings is 2. The van der Waals surface area contributed by atoms with E-state index in [2.05, 4.69) is 24.3 Å². The van der Waals surface area contributed by atoms with Gasteiger partial charge < -0.3 is 10.5 Å². The molecule has 21 heavy (non-hydrogen) atoms. The summed E-state index contributed by atoms with van der Waals surface area (Å²) in [4.78, 5) is 0. The van der Waals surface area contributed by atoms with Gasteiger partial charge in [-0.2, -0.15) is 0 Å². The molecule has 1 aliphatic rings. The fraction of sp³-hybridized carbons (Fsp3) is 0.294. The molecule has 0 spiro atoms. The van der Waals surface area contributed by atoms with Crippen LogP contribution in [0.4, 0.5) is 0 Å². The molecule has 0 aliphatic heterocycles. The number of nitrogens with two attached hydrogens (primary N) is 1. The van der Waals surface area contributed by atoms with Crippen LogP contribution in [0, 0.1) is 5.92 Å². The lowest BCUT2D eigenvalue weighted by Crippen LogP contribution is -2.14. The van der Waals surface area contributed by atoms with Crippen molar-refractivity contribution >= 4 is 23.2 Å². The molecule has 3 unspecified atom stereocenters. The minimum atomic E-state index is -0.105. The van der Waals surface area contributed by atoms with Crippen molar-refractivity contribution in [2.75, 3.05) is 7.11 Å². The van der Waals surface area contributed by atoms with E-state index in [0.29, 0.717) is 27.6 Å². The minimum absolute atomic E-state index is 0.105. The third-order valence-corrected chi connectivity index (χ3v) is 4.78. The van der Waals surface area contributed by atoms with Gasteiger partial charge in [0.2, 0.25) is 0 Å². The van der Waals surface area contributed by atoms with E-state index < -0.39 is 0 Å². The fourth-order valence-electron chi connectivity index (χ4n) is 2.88. The molecular weight excluding hydrogens is 305 g/mol. The van der Waals surface area contributed by atoms with Gasteiger partial charge in [-0.1, -0.05) is 53.5 Å². The van der Waals surface area contributed by atoms with Crippen LogP contribution in [0.15, 0.2) is 42.5 Å². The van der Waals surface area contributed by atoms with Crippen LogP contribution in [0.5, 0.6) is 5.75 Å². The normalized spacial score (nSPS) is 21.9. The molecule has 0 saturated heterocycles. The second-order valence-electron chi connectivity index (χ2n) is 5.45. The molecule has 1 aliphatic carbocycles. The van der Waals surface area contributed by atoms with Gasteiger partial charge in [0, 0.05) is 17.1 Å². The maximum absolute atomic E-state index is 6.41. The zero-order chi connectivity index (χ0) is 15.0. The van der Waals surface area contributed by atoms with Crippen molar-refractivity contribution in [1.29, 1.82) is 0 Å². The van der Waals surface area contributed by atoms with Crippen LogP contribution in [-0.2, 0) is 0 Å². The van der Waals surface area contributed by atoms with E-state index >= 15 is 0 Å². The smallest absolute Gasteiger partial charge is 0.138 e. The lowest BCUT2D eigenvalue weighted by Gasteiger charge is -2.16. The van der Waals surface area contributed by atoms with Crippen molar-refractivity contribution in [2.24, 2.45) is 11.7 Å². The molecule has 1 saturated carbocycles. The number of methoxy groups -OCH3 is 1. The molecule has 3 atom stereocenters. The van der Waals surface area contributed by atoms with Gasteiger partial charge >= 0.3 is 0 Å². The van der Waals surface area contributed by atoms with E-state index in [4.69, 9.17) is 33.7 Å². The van der Waals surface area contributed by atoms with Crippen LogP contribution in [0.2, 0.25) is 10.0 Å². The Morgan fingerprint density at radius 2 is 1.86 bits per heavy atom. The van der Waals surface area contributed by atoms with Gasteiger partial charge in [-0.05, 0) is 35.4 Å². The molecule has 0 aromatic heterocycles. The van der Waals surface area contributed by atoms with Crippen molar-refractivity contribution < 1.29 is 4.74 Å². The SMILES string of the molecule is COc1cc(Cl)c(C(N)C2CC2c2ccccc2)cc1Cl. The van der Waals surface area contributed by atoms with Crippen molar-refractivity contribution in [1.82, 2.24) is 0 Å². The lowest BCUT2D eigenvalue weighted by molar-refractivity contribution is 0.414. The molecule has 2 aromatic rings. The van der Waals surface area contributed by atoms with Gasteiger partial charge in [-0.15, -0.1) is 0 Å². The van der Waals surface area contributed by atoms with Crippen molar-refractivity contribution in [3.8, 4) is 5.75 Å². The first-order chi connectivity index (χ1) is 10.1. The lowest BCUT2D eigenvalue weighted by atomic mass is 9.99. The first kappa shape index (κ1) is 14.7. The summed E-state index contributed by atoms with van der Waals surface area (Å²) in [7, 11) is 1.57. The summed E-state index contributed by atoms with van der Waals surface area (Å²) in [5, 5.41) is 1.16. The van der Waals surface area contributed by atoms with Gasteiger partial charge in [-0.25, -0.2) is 0 Å². The molecule has 2 aromatic carbocycles. The van der Waals surface area contributed by atoms with Gasteiger partial charge in [0.05, 0.1) is 12.1 Å². The average Bonchev–Trinajstić information content (AvgIpc) is 3.30. The highest BCUT2D eigenvalue weighted by molar-refractivity contribution is 6.34. The summed E-state index contributed by atoms with van der Waals surface area (Å²) in [5.74, 6) is 1.50. The second-order valence-corrected chi connectivity index (χ2v) is 6.27. The van der Waals surface area contributed by atoms with E-state index in [9.17, 15) is 0 Å². The maximum atomic E-state index is 6.41. The van der Waals surface area contributed by atoms with Crippen LogP contribution in [-0.4, -0.2) is 7.11 Å². The Balaban J connectivity index is 1.81. The Labute approximate surface area is 134 Å². The zero-order valence-corrected chi connectivity index (χ0v) is 13.2. The van der Waals surface area contributed by atoms with Gasteiger partial charge in [0.15, 0.2) is 0 Å². The topological polar surface area (TPSA) is 35.2 Å². The number of halogens is 2. The summed E-state index contributed by atoms with van der Waals surface area (Å²) in [6.07, 6.45) is 1.09. The predicted molar refractivity (Wildman–Crippen MR) is 87.2 cm³/mol. The van der Waals surface area contributed by atoms with Crippen LogP contribution >= 0.6 is 23.2 Å². The molecule has 0 radical (unpaired) electrons. The van der Waals surface area contributed by atoms with Gasteiger partial charge in [-0.3, -0.25) is 0 Å². The van der Waals surface area contributed by atoms with E-state index in [1.165, 1.54) is 5.56 Å². The van der Waals surface area contributed by atoms with Crippen LogP contribution in [0.1, 0.15) is 29.5 Å². The first-order valence-electron chi connectivity index (χ1n) is 6.95. The molecule has 2 N–H and O–H groups in total. The van der Waals surface area contributed by atoms with E-state index in [-0.39, 0.29) is 6.04 Å². The fourth-order valence-corrected chi connectivity index (χ4v) is 3.41. The van der Waals surface area contributed by atoms with E-state index in [1.54, 1.807) is 13.2 Å². The van der Waals surface area contributed by atoms with Crippen LogP contribution in [0.3, 0.4) is 0 Å². The maximum Gasteiger partial charge on any atom is 0.138 e. The Morgan fingerprint density at radius 3 is 2.52 bits per heavy atom. The van der Waals surface area contributed by atoms with Crippen molar-refractivity contribution in [3.63, 3.8) is 0 Å². The Bertz CT molecular complexity index is 645. The highest BCUT2D eigenvalue weighted by Gasteiger charge is 2.43. The van der Waals surface area contributed by atoms with E-state index in [0.717, 1.165) is 12.0 Å². The van der Waals surface area contributed by atoms with Crippen LogP contribution in [0.25, 0.3) is 0 Å². The molecule has 1 fully saturated rings. The summed E-state index contributed by atoms with van der Waals surface area (Å²) in [6, 6.07) is 13.9.